The maximum Gasteiger partial charge on any atom is 0.262 e. The number of para-hydroxylation sites is 1. The molecule has 3 nitrogen and oxygen atoms in total. The summed E-state index contributed by atoms with van der Waals surface area (Å²) in [4.78, 5) is 17.6. The van der Waals surface area contributed by atoms with E-state index in [1.165, 1.54) is 11.8 Å². The average molecular weight is 357 g/mol. The van der Waals surface area contributed by atoms with E-state index in [1.54, 1.807) is 4.57 Å². The fraction of sp³-hybridized carbons (Fsp3) is 0.158. The summed E-state index contributed by atoms with van der Waals surface area (Å²) in [5.41, 5.74) is 2.75. The minimum absolute atomic E-state index is 0.0280. The van der Waals surface area contributed by atoms with Gasteiger partial charge in [-0.05, 0) is 36.8 Å². The lowest BCUT2D eigenvalue weighted by Crippen LogP contribution is -2.24. The second-order valence-electron chi connectivity index (χ2n) is 5.68. The van der Waals surface area contributed by atoms with E-state index in [1.807, 2.05) is 55.5 Å². The molecule has 2 aromatic carbocycles. The molecular weight excluding hydrogens is 340 g/mol. The van der Waals surface area contributed by atoms with Gasteiger partial charge in [-0.25, -0.2) is 4.98 Å². The maximum absolute atomic E-state index is 12.9. The van der Waals surface area contributed by atoms with Crippen LogP contribution in [0.5, 0.6) is 0 Å². The Balaban J connectivity index is 2.09. The molecule has 1 heterocycles. The third-order valence-electron chi connectivity index (χ3n) is 3.53. The van der Waals surface area contributed by atoms with Crippen LogP contribution in [0.1, 0.15) is 12.5 Å². The van der Waals surface area contributed by atoms with Crippen molar-refractivity contribution in [3.8, 4) is 0 Å². The van der Waals surface area contributed by atoms with Crippen LogP contribution in [0.25, 0.3) is 10.9 Å². The van der Waals surface area contributed by atoms with Gasteiger partial charge in [0.15, 0.2) is 5.16 Å². The summed E-state index contributed by atoms with van der Waals surface area (Å²) >= 11 is 7.48. The van der Waals surface area contributed by atoms with E-state index >= 15 is 0 Å². The number of thioether (sulfide) groups is 1. The smallest absolute Gasteiger partial charge is 0.262 e. The molecule has 122 valence electrons. The van der Waals surface area contributed by atoms with E-state index in [-0.39, 0.29) is 5.56 Å². The largest absolute Gasteiger partial charge is 0.283 e. The topological polar surface area (TPSA) is 34.9 Å². The molecular formula is C19H17ClN2OS. The van der Waals surface area contributed by atoms with E-state index < -0.39 is 0 Å². The van der Waals surface area contributed by atoms with Crippen molar-refractivity contribution in [3.63, 3.8) is 0 Å². The summed E-state index contributed by atoms with van der Waals surface area (Å²) in [5.74, 6) is 0.728. The van der Waals surface area contributed by atoms with Crippen molar-refractivity contribution in [1.82, 2.24) is 9.55 Å². The number of fused-ring (bicyclic) bond motifs is 1. The number of hydrogen-bond donors (Lipinski definition) is 0. The Kier molecular flexibility index (Phi) is 5.07. The molecule has 0 saturated heterocycles. The Labute approximate surface area is 150 Å². The molecule has 0 amide bonds. The van der Waals surface area contributed by atoms with Crippen LogP contribution in [-0.4, -0.2) is 15.3 Å². The predicted molar refractivity (Wildman–Crippen MR) is 102 cm³/mol. The van der Waals surface area contributed by atoms with Crippen LogP contribution in [-0.2, 0) is 6.54 Å². The zero-order valence-electron chi connectivity index (χ0n) is 13.3. The Morgan fingerprint density at radius 1 is 1.21 bits per heavy atom. The first kappa shape index (κ1) is 16.8. The van der Waals surface area contributed by atoms with Gasteiger partial charge in [-0.3, -0.25) is 9.36 Å². The number of aromatic nitrogens is 2. The van der Waals surface area contributed by atoms with Gasteiger partial charge < -0.3 is 0 Å². The Morgan fingerprint density at radius 2 is 1.92 bits per heavy atom. The Hall–Kier alpha value is -2.04. The highest BCUT2D eigenvalue weighted by Crippen LogP contribution is 2.21. The van der Waals surface area contributed by atoms with E-state index in [4.69, 9.17) is 11.6 Å². The average Bonchev–Trinajstić information content (AvgIpc) is 2.57. The second kappa shape index (κ2) is 7.24. The third-order valence-corrected chi connectivity index (χ3v) is 4.99. The van der Waals surface area contributed by atoms with Gasteiger partial charge in [0.2, 0.25) is 0 Å². The van der Waals surface area contributed by atoms with Crippen molar-refractivity contribution < 1.29 is 0 Å². The molecule has 0 unspecified atom stereocenters. The molecule has 0 aliphatic heterocycles. The molecule has 0 aliphatic carbocycles. The van der Waals surface area contributed by atoms with Gasteiger partial charge >= 0.3 is 0 Å². The second-order valence-corrected chi connectivity index (χ2v) is 7.05. The molecule has 0 radical (unpaired) electrons. The van der Waals surface area contributed by atoms with Crippen LogP contribution in [0.2, 0.25) is 5.02 Å². The molecule has 0 atom stereocenters. The van der Waals surface area contributed by atoms with E-state index in [0.717, 1.165) is 22.4 Å². The van der Waals surface area contributed by atoms with Gasteiger partial charge in [0.25, 0.3) is 5.56 Å². The lowest BCUT2D eigenvalue weighted by atomic mass is 10.2. The summed E-state index contributed by atoms with van der Waals surface area (Å²) in [7, 11) is 0. The van der Waals surface area contributed by atoms with Gasteiger partial charge in [0.05, 0.1) is 17.4 Å². The minimum Gasteiger partial charge on any atom is -0.283 e. The SMILES string of the molecule is C=C(C)CSc1nc2ccccc2c(=O)n1Cc1ccc(Cl)cc1. The lowest BCUT2D eigenvalue weighted by Gasteiger charge is -2.13. The van der Waals surface area contributed by atoms with Crippen LogP contribution >= 0.6 is 23.4 Å². The van der Waals surface area contributed by atoms with Gasteiger partial charge in [-0.1, -0.05) is 59.8 Å². The highest BCUT2D eigenvalue weighted by atomic mass is 35.5. The van der Waals surface area contributed by atoms with Crippen molar-refractivity contribution in [1.29, 1.82) is 0 Å². The Bertz CT molecular complexity index is 948. The summed E-state index contributed by atoms with van der Waals surface area (Å²) in [6.07, 6.45) is 0. The van der Waals surface area contributed by atoms with E-state index in [9.17, 15) is 4.79 Å². The van der Waals surface area contributed by atoms with Crippen LogP contribution < -0.4 is 5.56 Å². The first-order valence-electron chi connectivity index (χ1n) is 7.56. The first-order chi connectivity index (χ1) is 11.5. The fourth-order valence-electron chi connectivity index (χ4n) is 2.36. The molecule has 1 aromatic heterocycles. The van der Waals surface area contributed by atoms with Gasteiger partial charge in [0.1, 0.15) is 0 Å². The standard InChI is InChI=1S/C19H17ClN2OS/c1-13(2)12-24-19-21-17-6-4-3-5-16(17)18(23)22(19)11-14-7-9-15(20)10-8-14/h3-10H,1,11-12H2,2H3. The number of hydrogen-bond acceptors (Lipinski definition) is 3. The summed E-state index contributed by atoms with van der Waals surface area (Å²) < 4.78 is 1.72. The molecule has 0 aliphatic rings. The van der Waals surface area contributed by atoms with Crippen molar-refractivity contribution in [2.45, 2.75) is 18.6 Å². The first-order valence-corrected chi connectivity index (χ1v) is 8.92. The van der Waals surface area contributed by atoms with Crippen LogP contribution in [0.3, 0.4) is 0 Å². The molecule has 0 spiro atoms. The molecule has 0 bridgehead atoms. The molecule has 0 saturated carbocycles. The quantitative estimate of drug-likeness (QED) is 0.375. The van der Waals surface area contributed by atoms with Gasteiger partial charge in [-0.15, -0.1) is 0 Å². The predicted octanol–water partition coefficient (Wildman–Crippen LogP) is 4.77. The zero-order chi connectivity index (χ0) is 17.1. The number of rotatable bonds is 5. The summed E-state index contributed by atoms with van der Waals surface area (Å²) in [6, 6.07) is 15.0. The van der Waals surface area contributed by atoms with Gasteiger partial charge in [-0.2, -0.15) is 0 Å². The monoisotopic (exact) mass is 356 g/mol. The minimum atomic E-state index is -0.0280. The van der Waals surface area contributed by atoms with Crippen molar-refractivity contribution in [2.75, 3.05) is 5.75 Å². The lowest BCUT2D eigenvalue weighted by molar-refractivity contribution is 0.658. The van der Waals surface area contributed by atoms with Crippen LogP contribution in [0.15, 0.2) is 70.6 Å². The van der Waals surface area contributed by atoms with Crippen LogP contribution in [0, 0.1) is 0 Å². The van der Waals surface area contributed by atoms with E-state index in [0.29, 0.717) is 22.1 Å². The normalized spacial score (nSPS) is 10.9. The van der Waals surface area contributed by atoms with Crippen molar-refractivity contribution >= 4 is 34.3 Å². The highest BCUT2D eigenvalue weighted by Gasteiger charge is 2.12. The van der Waals surface area contributed by atoms with Crippen molar-refractivity contribution in [3.05, 3.63) is 81.6 Å². The molecule has 3 aromatic rings. The fourth-order valence-corrected chi connectivity index (χ4v) is 3.33. The molecule has 24 heavy (non-hydrogen) atoms. The molecule has 0 fully saturated rings. The summed E-state index contributed by atoms with van der Waals surface area (Å²) in [5, 5.41) is 2.02. The highest BCUT2D eigenvalue weighted by molar-refractivity contribution is 7.99. The van der Waals surface area contributed by atoms with E-state index in [2.05, 4.69) is 11.6 Å². The molecule has 0 N–H and O–H groups in total. The number of nitrogens with zero attached hydrogens (tertiary/aromatic N) is 2. The zero-order valence-corrected chi connectivity index (χ0v) is 14.9. The molecule has 3 rings (SSSR count). The van der Waals surface area contributed by atoms with Crippen molar-refractivity contribution in [2.24, 2.45) is 0 Å². The van der Waals surface area contributed by atoms with Crippen LogP contribution in [0.4, 0.5) is 0 Å². The summed E-state index contributed by atoms with van der Waals surface area (Å²) in [6.45, 7) is 6.36. The number of halogens is 1. The Morgan fingerprint density at radius 3 is 2.62 bits per heavy atom. The number of benzene rings is 2. The molecule has 5 heteroatoms. The maximum atomic E-state index is 12.9. The van der Waals surface area contributed by atoms with Gasteiger partial charge in [0, 0.05) is 10.8 Å². The third kappa shape index (κ3) is 3.71.